The summed E-state index contributed by atoms with van der Waals surface area (Å²) in [5.41, 5.74) is 0.893. The van der Waals surface area contributed by atoms with Crippen LogP contribution in [0.3, 0.4) is 0 Å². The van der Waals surface area contributed by atoms with Crippen molar-refractivity contribution in [1.29, 1.82) is 0 Å². The molecular weight excluding hydrogens is 402 g/mol. The van der Waals surface area contributed by atoms with E-state index in [9.17, 15) is 9.59 Å². The topological polar surface area (TPSA) is 80.8 Å². The molecule has 0 radical (unpaired) electrons. The standard InChI is InChI=1S/C19H16ClN3O4S/c1-4-5-23-18(25)12(17(24)22-19(23)28)7-11-6-10-8-14(26-2)15(27-3)9-13(10)21-16(11)20/h4,6-9H,1,5H2,2-3H3,(H,22,24,28). The van der Waals surface area contributed by atoms with Crippen LogP contribution in [0.5, 0.6) is 11.5 Å². The summed E-state index contributed by atoms with van der Waals surface area (Å²) in [6, 6.07) is 5.14. The minimum Gasteiger partial charge on any atom is -0.493 e. The first-order chi connectivity index (χ1) is 13.4. The van der Waals surface area contributed by atoms with Crippen LogP contribution in [-0.2, 0) is 9.59 Å². The Morgan fingerprint density at radius 3 is 2.57 bits per heavy atom. The van der Waals surface area contributed by atoms with E-state index in [0.29, 0.717) is 28.0 Å². The molecule has 2 aromatic rings. The molecule has 3 rings (SSSR count). The van der Waals surface area contributed by atoms with Crippen molar-refractivity contribution in [3.63, 3.8) is 0 Å². The number of rotatable bonds is 5. The molecule has 0 bridgehead atoms. The van der Waals surface area contributed by atoms with Crippen LogP contribution < -0.4 is 14.8 Å². The molecule has 0 saturated carbocycles. The van der Waals surface area contributed by atoms with Crippen molar-refractivity contribution in [3.05, 3.63) is 47.1 Å². The smallest absolute Gasteiger partial charge is 0.265 e. The fourth-order valence-electron chi connectivity index (χ4n) is 2.74. The first-order valence-corrected chi connectivity index (χ1v) is 8.90. The van der Waals surface area contributed by atoms with Crippen LogP contribution >= 0.6 is 23.8 Å². The SMILES string of the molecule is C=CCN1C(=O)C(=Cc2cc3cc(OC)c(OC)cc3nc2Cl)C(=O)NC1=S. The van der Waals surface area contributed by atoms with Crippen LogP contribution in [-0.4, -0.2) is 47.6 Å². The van der Waals surface area contributed by atoms with Gasteiger partial charge in [0, 0.05) is 23.6 Å². The highest BCUT2D eigenvalue weighted by molar-refractivity contribution is 7.80. The Balaban J connectivity index is 2.10. The summed E-state index contributed by atoms with van der Waals surface area (Å²) in [6.07, 6.45) is 2.91. The lowest BCUT2D eigenvalue weighted by atomic mass is 10.1. The Kier molecular flexibility index (Phi) is 5.62. The number of halogens is 1. The second-order valence-corrected chi connectivity index (χ2v) is 6.53. The van der Waals surface area contributed by atoms with Crippen LogP contribution in [0, 0.1) is 0 Å². The number of thiocarbonyl (C=S) groups is 1. The zero-order valence-corrected chi connectivity index (χ0v) is 16.7. The molecule has 1 saturated heterocycles. The van der Waals surface area contributed by atoms with Gasteiger partial charge in [0.1, 0.15) is 10.7 Å². The third-order valence-corrected chi connectivity index (χ3v) is 4.72. The van der Waals surface area contributed by atoms with Crippen molar-refractivity contribution in [2.24, 2.45) is 0 Å². The third kappa shape index (κ3) is 3.56. The molecule has 0 aliphatic carbocycles. The molecule has 144 valence electrons. The lowest BCUT2D eigenvalue weighted by molar-refractivity contribution is -0.128. The molecule has 9 heteroatoms. The number of carbonyl (C=O) groups is 2. The maximum absolute atomic E-state index is 12.7. The molecule has 0 atom stereocenters. The highest BCUT2D eigenvalue weighted by atomic mass is 35.5. The first kappa shape index (κ1) is 19.8. The molecule has 2 amide bonds. The molecule has 2 heterocycles. The van der Waals surface area contributed by atoms with Crippen molar-refractivity contribution in [1.82, 2.24) is 15.2 Å². The van der Waals surface area contributed by atoms with Gasteiger partial charge in [0.05, 0.1) is 19.7 Å². The van der Waals surface area contributed by atoms with Crippen molar-refractivity contribution in [3.8, 4) is 11.5 Å². The highest BCUT2D eigenvalue weighted by Crippen LogP contribution is 2.33. The van der Waals surface area contributed by atoms with E-state index in [1.54, 1.807) is 18.2 Å². The van der Waals surface area contributed by atoms with E-state index < -0.39 is 11.8 Å². The van der Waals surface area contributed by atoms with Gasteiger partial charge in [-0.15, -0.1) is 6.58 Å². The quantitative estimate of drug-likeness (QED) is 0.265. The van der Waals surface area contributed by atoms with Gasteiger partial charge < -0.3 is 9.47 Å². The number of hydrogen-bond acceptors (Lipinski definition) is 6. The van der Waals surface area contributed by atoms with Crippen molar-refractivity contribution in [2.45, 2.75) is 0 Å². The second-order valence-electron chi connectivity index (χ2n) is 5.79. The van der Waals surface area contributed by atoms with E-state index in [1.165, 1.54) is 31.3 Å². The average molecular weight is 418 g/mol. The van der Waals surface area contributed by atoms with E-state index in [4.69, 9.17) is 33.3 Å². The summed E-state index contributed by atoms with van der Waals surface area (Å²) < 4.78 is 10.6. The van der Waals surface area contributed by atoms with E-state index in [-0.39, 0.29) is 22.4 Å². The molecular formula is C19H16ClN3O4S. The molecule has 28 heavy (non-hydrogen) atoms. The Morgan fingerprint density at radius 1 is 1.25 bits per heavy atom. The summed E-state index contributed by atoms with van der Waals surface area (Å²) >= 11 is 11.3. The predicted octanol–water partition coefficient (Wildman–Crippen LogP) is 2.72. The molecule has 7 nitrogen and oxygen atoms in total. The van der Waals surface area contributed by atoms with Crippen molar-refractivity contribution >= 4 is 57.7 Å². The summed E-state index contributed by atoms with van der Waals surface area (Å²) in [5, 5.41) is 3.36. The number of benzene rings is 1. The van der Waals surface area contributed by atoms with Crippen LogP contribution in [0.4, 0.5) is 0 Å². The number of pyridine rings is 1. The van der Waals surface area contributed by atoms with E-state index in [2.05, 4.69) is 16.9 Å². The van der Waals surface area contributed by atoms with Crippen LogP contribution in [0.2, 0.25) is 5.15 Å². The summed E-state index contributed by atoms with van der Waals surface area (Å²) in [7, 11) is 3.05. The van der Waals surface area contributed by atoms with Gasteiger partial charge in [0.15, 0.2) is 16.6 Å². The molecule has 1 aromatic carbocycles. The van der Waals surface area contributed by atoms with Gasteiger partial charge in [-0.3, -0.25) is 19.8 Å². The predicted molar refractivity (Wildman–Crippen MR) is 110 cm³/mol. The number of methoxy groups -OCH3 is 2. The van der Waals surface area contributed by atoms with Crippen LogP contribution in [0.15, 0.2) is 36.4 Å². The average Bonchev–Trinajstić information content (AvgIpc) is 2.67. The van der Waals surface area contributed by atoms with Crippen LogP contribution in [0.25, 0.3) is 17.0 Å². The largest absolute Gasteiger partial charge is 0.493 e. The number of fused-ring (bicyclic) bond motifs is 1. The summed E-state index contributed by atoms with van der Waals surface area (Å²) in [4.78, 5) is 30.5. The fourth-order valence-corrected chi connectivity index (χ4v) is 3.19. The minimum atomic E-state index is -0.598. The van der Waals surface area contributed by atoms with Gasteiger partial charge >= 0.3 is 0 Å². The summed E-state index contributed by atoms with van der Waals surface area (Å²) in [6.45, 7) is 3.77. The zero-order valence-electron chi connectivity index (χ0n) is 15.1. The van der Waals surface area contributed by atoms with Gasteiger partial charge in [0.2, 0.25) is 0 Å². The number of nitrogens with zero attached hydrogens (tertiary/aromatic N) is 2. The number of amides is 2. The number of nitrogens with one attached hydrogen (secondary N) is 1. The molecule has 1 aromatic heterocycles. The molecule has 0 unspecified atom stereocenters. The third-order valence-electron chi connectivity index (χ3n) is 4.10. The lowest BCUT2D eigenvalue weighted by Gasteiger charge is -2.27. The summed E-state index contributed by atoms with van der Waals surface area (Å²) in [5.74, 6) is -0.0947. The Hall–Kier alpha value is -2.97. The van der Waals surface area contributed by atoms with Crippen molar-refractivity contribution < 1.29 is 19.1 Å². The fraction of sp³-hybridized carbons (Fsp3) is 0.158. The zero-order chi connectivity index (χ0) is 20.4. The Bertz CT molecular complexity index is 1050. The first-order valence-electron chi connectivity index (χ1n) is 8.11. The molecule has 1 fully saturated rings. The molecule has 0 spiro atoms. The molecule has 1 N–H and O–H groups in total. The Labute approximate surface area is 171 Å². The number of ether oxygens (including phenoxy) is 2. The van der Waals surface area contributed by atoms with Gasteiger partial charge in [-0.1, -0.05) is 17.7 Å². The highest BCUT2D eigenvalue weighted by Gasteiger charge is 2.32. The van der Waals surface area contributed by atoms with E-state index in [0.717, 1.165) is 0 Å². The number of aromatic nitrogens is 1. The van der Waals surface area contributed by atoms with Gasteiger partial charge in [0.25, 0.3) is 11.8 Å². The molecule has 1 aliphatic rings. The normalized spacial score (nSPS) is 15.8. The minimum absolute atomic E-state index is 0.0339. The Morgan fingerprint density at radius 2 is 1.93 bits per heavy atom. The van der Waals surface area contributed by atoms with E-state index >= 15 is 0 Å². The second kappa shape index (κ2) is 7.95. The van der Waals surface area contributed by atoms with Gasteiger partial charge in [-0.25, -0.2) is 4.98 Å². The van der Waals surface area contributed by atoms with Gasteiger partial charge in [-0.2, -0.15) is 0 Å². The van der Waals surface area contributed by atoms with Crippen molar-refractivity contribution in [2.75, 3.05) is 20.8 Å². The number of hydrogen-bond donors (Lipinski definition) is 1. The van der Waals surface area contributed by atoms with Crippen LogP contribution in [0.1, 0.15) is 5.56 Å². The maximum Gasteiger partial charge on any atom is 0.265 e. The number of carbonyl (C=O) groups excluding carboxylic acids is 2. The lowest BCUT2D eigenvalue weighted by Crippen LogP contribution is -2.53. The van der Waals surface area contributed by atoms with Gasteiger partial charge in [-0.05, 0) is 30.4 Å². The maximum atomic E-state index is 12.7. The monoisotopic (exact) mass is 417 g/mol. The van der Waals surface area contributed by atoms with E-state index in [1.807, 2.05) is 0 Å². The molecule has 1 aliphatic heterocycles.